The Morgan fingerprint density at radius 3 is 2.33 bits per heavy atom. The van der Waals surface area contributed by atoms with Gasteiger partial charge in [0, 0.05) is 12.1 Å². The molecule has 1 fully saturated rings. The van der Waals surface area contributed by atoms with E-state index in [-0.39, 0.29) is 12.0 Å². The summed E-state index contributed by atoms with van der Waals surface area (Å²) in [4.78, 5) is 25.6. The second-order valence-corrected chi connectivity index (χ2v) is 7.25. The second kappa shape index (κ2) is 6.22. The van der Waals surface area contributed by atoms with Gasteiger partial charge in [-0.15, -0.1) is 0 Å². The van der Waals surface area contributed by atoms with E-state index in [0.717, 1.165) is 0 Å². The zero-order valence-corrected chi connectivity index (χ0v) is 13.9. The van der Waals surface area contributed by atoms with Gasteiger partial charge in [0.1, 0.15) is 11.6 Å². The Balaban J connectivity index is 2.75. The highest BCUT2D eigenvalue weighted by Gasteiger charge is 2.42. The van der Waals surface area contributed by atoms with Crippen molar-refractivity contribution in [3.63, 3.8) is 0 Å². The molecule has 1 saturated heterocycles. The largest absolute Gasteiger partial charge is 0.468 e. The number of piperidine rings is 1. The van der Waals surface area contributed by atoms with E-state index in [0.29, 0.717) is 19.4 Å². The molecule has 122 valence electrons. The maximum absolute atomic E-state index is 12.3. The molecular weight excluding hydrogens is 272 g/mol. The molecule has 1 rings (SSSR count). The Bertz CT molecular complexity index is 401. The minimum absolute atomic E-state index is 0.00568. The van der Waals surface area contributed by atoms with E-state index in [1.807, 2.05) is 34.6 Å². The average molecular weight is 300 g/mol. The van der Waals surface area contributed by atoms with Crippen molar-refractivity contribution in [2.75, 3.05) is 13.7 Å². The number of carbonyl (C=O) groups excluding carboxylic acids is 2. The number of hydrogen-bond acceptors (Lipinski definition) is 5. The lowest BCUT2D eigenvalue weighted by atomic mass is 9.79. The molecule has 0 bridgehead atoms. The van der Waals surface area contributed by atoms with Gasteiger partial charge in [-0.25, -0.2) is 4.79 Å². The van der Waals surface area contributed by atoms with Crippen LogP contribution in [-0.4, -0.2) is 47.8 Å². The van der Waals surface area contributed by atoms with Gasteiger partial charge in [-0.3, -0.25) is 4.79 Å². The van der Waals surface area contributed by atoms with E-state index in [1.54, 1.807) is 4.90 Å². The van der Waals surface area contributed by atoms with Crippen molar-refractivity contribution in [3.8, 4) is 0 Å². The summed E-state index contributed by atoms with van der Waals surface area (Å²) in [7, 11) is 1.34. The standard InChI is InChI=1S/C15H28N2O4/c1-14(2,3)21-13(19)17-8-7-10(9-15(17,4)5)11(16)12(18)20-6/h10-11H,7-9,16H2,1-6H3/t10?,11-/m0/s1. The lowest BCUT2D eigenvalue weighted by molar-refractivity contribution is -0.144. The van der Waals surface area contributed by atoms with Crippen molar-refractivity contribution in [2.24, 2.45) is 11.7 Å². The van der Waals surface area contributed by atoms with Gasteiger partial charge in [0.25, 0.3) is 0 Å². The van der Waals surface area contributed by atoms with Gasteiger partial charge in [-0.1, -0.05) is 0 Å². The van der Waals surface area contributed by atoms with E-state index in [4.69, 9.17) is 15.2 Å². The Labute approximate surface area is 126 Å². The number of likely N-dealkylation sites (tertiary alicyclic amines) is 1. The fraction of sp³-hybridized carbons (Fsp3) is 0.867. The van der Waals surface area contributed by atoms with Gasteiger partial charge in [0.2, 0.25) is 0 Å². The first-order valence-corrected chi connectivity index (χ1v) is 7.32. The van der Waals surface area contributed by atoms with Crippen LogP contribution in [0.5, 0.6) is 0 Å². The quantitative estimate of drug-likeness (QED) is 0.788. The summed E-state index contributed by atoms with van der Waals surface area (Å²) in [6.45, 7) is 9.99. The predicted octanol–water partition coefficient (Wildman–Crippen LogP) is 1.91. The molecule has 0 spiro atoms. The molecule has 0 aliphatic carbocycles. The highest BCUT2D eigenvalue weighted by Crippen LogP contribution is 2.34. The molecule has 0 aromatic heterocycles. The first-order valence-electron chi connectivity index (χ1n) is 7.32. The van der Waals surface area contributed by atoms with Crippen LogP contribution in [0.4, 0.5) is 4.79 Å². The summed E-state index contributed by atoms with van der Waals surface area (Å²) in [5, 5.41) is 0. The van der Waals surface area contributed by atoms with Crippen LogP contribution in [0.25, 0.3) is 0 Å². The molecular formula is C15H28N2O4. The van der Waals surface area contributed by atoms with Crippen LogP contribution < -0.4 is 5.73 Å². The first-order chi connectivity index (χ1) is 9.48. The molecule has 2 N–H and O–H groups in total. The van der Waals surface area contributed by atoms with Crippen LogP contribution in [-0.2, 0) is 14.3 Å². The average Bonchev–Trinajstić information content (AvgIpc) is 2.33. The van der Waals surface area contributed by atoms with Gasteiger partial charge < -0.3 is 20.1 Å². The number of nitrogens with zero attached hydrogens (tertiary/aromatic N) is 1. The number of amides is 1. The number of ether oxygens (including phenoxy) is 2. The zero-order valence-electron chi connectivity index (χ0n) is 13.9. The lowest BCUT2D eigenvalue weighted by Gasteiger charge is -2.46. The van der Waals surface area contributed by atoms with Crippen molar-refractivity contribution in [3.05, 3.63) is 0 Å². The minimum Gasteiger partial charge on any atom is -0.468 e. The molecule has 1 amide bonds. The maximum Gasteiger partial charge on any atom is 0.410 e. The van der Waals surface area contributed by atoms with Crippen LogP contribution in [0.3, 0.4) is 0 Å². The third-order valence-electron chi connectivity index (χ3n) is 3.81. The summed E-state index contributed by atoms with van der Waals surface area (Å²) in [5.74, 6) is -0.396. The van der Waals surface area contributed by atoms with Crippen molar-refractivity contribution in [1.82, 2.24) is 4.90 Å². The molecule has 0 saturated carbocycles. The third kappa shape index (κ3) is 4.59. The number of rotatable bonds is 2. The van der Waals surface area contributed by atoms with Crippen molar-refractivity contribution >= 4 is 12.1 Å². The van der Waals surface area contributed by atoms with Crippen LogP contribution in [0.1, 0.15) is 47.5 Å². The monoisotopic (exact) mass is 300 g/mol. The van der Waals surface area contributed by atoms with E-state index in [2.05, 4.69) is 0 Å². The molecule has 0 aromatic carbocycles. The summed E-state index contributed by atoms with van der Waals surface area (Å²) in [6.07, 6.45) is 0.985. The predicted molar refractivity (Wildman–Crippen MR) is 79.7 cm³/mol. The maximum atomic E-state index is 12.3. The normalized spacial score (nSPS) is 23.4. The van der Waals surface area contributed by atoms with Gasteiger partial charge in [0.05, 0.1) is 7.11 Å². The number of hydrogen-bond donors (Lipinski definition) is 1. The summed E-state index contributed by atoms with van der Waals surface area (Å²) in [5.41, 5.74) is 5.01. The molecule has 1 heterocycles. The summed E-state index contributed by atoms with van der Waals surface area (Å²) >= 11 is 0. The molecule has 1 unspecified atom stereocenters. The van der Waals surface area contributed by atoms with E-state index in [9.17, 15) is 9.59 Å². The molecule has 6 nitrogen and oxygen atoms in total. The molecule has 0 radical (unpaired) electrons. The molecule has 1 aliphatic heterocycles. The topological polar surface area (TPSA) is 81.9 Å². The third-order valence-corrected chi connectivity index (χ3v) is 3.81. The van der Waals surface area contributed by atoms with Crippen molar-refractivity contribution < 1.29 is 19.1 Å². The summed E-state index contributed by atoms with van der Waals surface area (Å²) in [6, 6.07) is -0.643. The number of methoxy groups -OCH3 is 1. The minimum atomic E-state index is -0.643. The van der Waals surface area contributed by atoms with Crippen LogP contribution in [0.2, 0.25) is 0 Å². The first kappa shape index (κ1) is 17.8. The zero-order chi connectivity index (χ0) is 16.4. The van der Waals surface area contributed by atoms with Crippen LogP contribution >= 0.6 is 0 Å². The smallest absolute Gasteiger partial charge is 0.410 e. The molecule has 1 aliphatic rings. The summed E-state index contributed by atoms with van der Waals surface area (Å²) < 4.78 is 10.1. The van der Waals surface area contributed by atoms with Gasteiger partial charge in [-0.05, 0) is 53.4 Å². The van der Waals surface area contributed by atoms with Crippen LogP contribution in [0, 0.1) is 5.92 Å². The fourth-order valence-corrected chi connectivity index (χ4v) is 2.74. The van der Waals surface area contributed by atoms with Gasteiger partial charge in [-0.2, -0.15) is 0 Å². The second-order valence-electron chi connectivity index (χ2n) is 7.25. The van der Waals surface area contributed by atoms with E-state index < -0.39 is 23.2 Å². The molecule has 2 atom stereocenters. The number of nitrogens with two attached hydrogens (primary N) is 1. The highest BCUT2D eigenvalue weighted by molar-refractivity contribution is 5.76. The van der Waals surface area contributed by atoms with Crippen LogP contribution in [0.15, 0.2) is 0 Å². The highest BCUT2D eigenvalue weighted by atomic mass is 16.6. The Hall–Kier alpha value is -1.30. The SMILES string of the molecule is COC(=O)[C@@H](N)C1CCN(C(=O)OC(C)(C)C)C(C)(C)C1. The molecule has 0 aromatic rings. The molecule has 6 heteroatoms. The van der Waals surface area contributed by atoms with Crippen molar-refractivity contribution in [2.45, 2.75) is 64.6 Å². The lowest BCUT2D eigenvalue weighted by Crippen LogP contribution is -2.57. The van der Waals surface area contributed by atoms with Gasteiger partial charge >= 0.3 is 12.1 Å². The molecule has 21 heavy (non-hydrogen) atoms. The Kier molecular flexibility index (Phi) is 5.25. The number of carbonyl (C=O) groups is 2. The Morgan fingerprint density at radius 1 is 1.33 bits per heavy atom. The van der Waals surface area contributed by atoms with Crippen molar-refractivity contribution in [1.29, 1.82) is 0 Å². The number of esters is 1. The Morgan fingerprint density at radius 2 is 1.90 bits per heavy atom. The van der Waals surface area contributed by atoms with E-state index in [1.165, 1.54) is 7.11 Å². The fourth-order valence-electron chi connectivity index (χ4n) is 2.74. The van der Waals surface area contributed by atoms with E-state index >= 15 is 0 Å². The van der Waals surface area contributed by atoms with Gasteiger partial charge in [0.15, 0.2) is 0 Å².